The average molecular weight is 400 g/mol. The van der Waals surface area contributed by atoms with E-state index in [1.54, 1.807) is 24.3 Å². The van der Waals surface area contributed by atoms with Gasteiger partial charge in [0.15, 0.2) is 18.1 Å². The van der Waals surface area contributed by atoms with Gasteiger partial charge in [0.25, 0.3) is 11.8 Å². The van der Waals surface area contributed by atoms with Crippen LogP contribution in [-0.4, -0.2) is 45.2 Å². The fraction of sp³-hybridized carbons (Fsp3) is 0.286. The Balaban J connectivity index is 1.77. The predicted molar refractivity (Wildman–Crippen MR) is 107 cm³/mol. The summed E-state index contributed by atoms with van der Waals surface area (Å²) in [5.74, 6) is -0.794. The van der Waals surface area contributed by atoms with Crippen LogP contribution in [0.15, 0.2) is 42.5 Å². The van der Waals surface area contributed by atoms with Crippen LogP contribution in [0.4, 0.5) is 5.69 Å². The van der Waals surface area contributed by atoms with Crippen LogP contribution >= 0.6 is 0 Å². The number of esters is 1. The van der Waals surface area contributed by atoms with Gasteiger partial charge < -0.3 is 24.8 Å². The highest BCUT2D eigenvalue weighted by molar-refractivity contribution is 5.97. The molecule has 0 aromatic heterocycles. The molecule has 0 atom stereocenters. The first-order valence-corrected chi connectivity index (χ1v) is 9.01. The average Bonchev–Trinajstić information content (AvgIpc) is 2.75. The number of carbonyl (C=O) groups is 3. The largest absolute Gasteiger partial charge is 0.493 e. The Morgan fingerprint density at radius 2 is 1.62 bits per heavy atom. The van der Waals surface area contributed by atoms with Gasteiger partial charge in [-0.3, -0.25) is 14.4 Å². The Morgan fingerprint density at radius 3 is 2.24 bits per heavy atom. The summed E-state index contributed by atoms with van der Waals surface area (Å²) in [6.07, 6.45) is 0.904. The lowest BCUT2D eigenvalue weighted by Crippen LogP contribution is -2.32. The Morgan fingerprint density at radius 1 is 0.931 bits per heavy atom. The van der Waals surface area contributed by atoms with Crippen molar-refractivity contribution < 1.29 is 28.6 Å². The zero-order valence-electron chi connectivity index (χ0n) is 16.6. The number of benzene rings is 2. The van der Waals surface area contributed by atoms with Crippen LogP contribution in [0.3, 0.4) is 0 Å². The second-order valence-electron chi connectivity index (χ2n) is 6.01. The summed E-state index contributed by atoms with van der Waals surface area (Å²) in [5.41, 5.74) is 2.06. The van der Waals surface area contributed by atoms with Crippen LogP contribution in [0.2, 0.25) is 0 Å². The molecule has 154 valence electrons. The van der Waals surface area contributed by atoms with Gasteiger partial charge >= 0.3 is 5.97 Å². The van der Waals surface area contributed by atoms with E-state index in [0.29, 0.717) is 22.7 Å². The van der Waals surface area contributed by atoms with E-state index in [-0.39, 0.29) is 6.54 Å². The number of aryl methyl sites for hydroxylation is 1. The first-order valence-electron chi connectivity index (χ1n) is 9.01. The number of hydrogen-bond acceptors (Lipinski definition) is 6. The molecular formula is C21H24N2O6. The molecular weight excluding hydrogens is 376 g/mol. The minimum atomic E-state index is -0.727. The highest BCUT2D eigenvalue weighted by Crippen LogP contribution is 2.27. The molecule has 8 heteroatoms. The van der Waals surface area contributed by atoms with Crippen molar-refractivity contribution >= 4 is 23.5 Å². The zero-order valence-corrected chi connectivity index (χ0v) is 16.6. The second-order valence-corrected chi connectivity index (χ2v) is 6.01. The van der Waals surface area contributed by atoms with E-state index >= 15 is 0 Å². The van der Waals surface area contributed by atoms with Gasteiger partial charge in [-0.15, -0.1) is 0 Å². The van der Waals surface area contributed by atoms with Gasteiger partial charge in [-0.05, 0) is 42.3 Å². The topological polar surface area (TPSA) is 103 Å². The van der Waals surface area contributed by atoms with Crippen molar-refractivity contribution in [3.05, 3.63) is 53.6 Å². The minimum Gasteiger partial charge on any atom is -0.493 e. The summed E-state index contributed by atoms with van der Waals surface area (Å²) in [6.45, 7) is 1.23. The van der Waals surface area contributed by atoms with Crippen LogP contribution < -0.4 is 20.1 Å². The van der Waals surface area contributed by atoms with Crippen molar-refractivity contribution in [2.75, 3.05) is 32.7 Å². The fourth-order valence-electron chi connectivity index (χ4n) is 2.45. The lowest BCUT2D eigenvalue weighted by Gasteiger charge is -2.10. The standard InChI is InChI=1S/C21H24N2O6/c1-4-14-5-8-16(9-6-14)23-19(24)13-29-20(25)12-22-21(26)15-7-10-17(27-2)18(11-15)28-3/h5-11H,4,12-13H2,1-3H3,(H,22,26)(H,23,24). The van der Waals surface area contributed by atoms with E-state index in [2.05, 4.69) is 10.6 Å². The van der Waals surface area contributed by atoms with Crippen LogP contribution in [0, 0.1) is 0 Å². The number of amides is 2. The number of anilines is 1. The van der Waals surface area contributed by atoms with Gasteiger partial charge in [0, 0.05) is 11.3 Å². The number of rotatable bonds is 9. The summed E-state index contributed by atoms with van der Waals surface area (Å²) < 4.78 is 15.1. The van der Waals surface area contributed by atoms with Crippen molar-refractivity contribution in [1.82, 2.24) is 5.32 Å². The van der Waals surface area contributed by atoms with E-state index in [9.17, 15) is 14.4 Å². The van der Waals surface area contributed by atoms with E-state index < -0.39 is 24.4 Å². The minimum absolute atomic E-state index is 0.295. The van der Waals surface area contributed by atoms with Crippen LogP contribution in [0.5, 0.6) is 11.5 Å². The van der Waals surface area contributed by atoms with E-state index in [1.165, 1.54) is 20.3 Å². The molecule has 0 aliphatic heterocycles. The quantitative estimate of drug-likeness (QED) is 0.626. The number of carbonyl (C=O) groups excluding carboxylic acids is 3. The normalized spacial score (nSPS) is 10.0. The fourth-order valence-corrected chi connectivity index (χ4v) is 2.45. The highest BCUT2D eigenvalue weighted by atomic mass is 16.5. The maximum absolute atomic E-state index is 12.2. The molecule has 0 unspecified atom stereocenters. The molecule has 2 aromatic rings. The third-order valence-corrected chi connectivity index (χ3v) is 4.05. The molecule has 2 N–H and O–H groups in total. The summed E-state index contributed by atoms with van der Waals surface area (Å²) in [6, 6.07) is 12.0. The molecule has 2 amide bonds. The first-order chi connectivity index (χ1) is 14.0. The third-order valence-electron chi connectivity index (χ3n) is 4.05. The third kappa shape index (κ3) is 6.53. The van der Waals surface area contributed by atoms with Crippen molar-refractivity contribution in [3.8, 4) is 11.5 Å². The number of ether oxygens (including phenoxy) is 3. The molecule has 0 saturated carbocycles. The van der Waals surface area contributed by atoms with Crippen LogP contribution in [-0.2, 0) is 20.7 Å². The molecule has 0 saturated heterocycles. The molecule has 0 aliphatic rings. The van der Waals surface area contributed by atoms with Gasteiger partial charge in [-0.2, -0.15) is 0 Å². The maximum Gasteiger partial charge on any atom is 0.325 e. The van der Waals surface area contributed by atoms with Crippen molar-refractivity contribution in [1.29, 1.82) is 0 Å². The van der Waals surface area contributed by atoms with Crippen molar-refractivity contribution in [2.45, 2.75) is 13.3 Å². The molecule has 0 fully saturated rings. The summed E-state index contributed by atoms with van der Waals surface area (Å²) >= 11 is 0. The lowest BCUT2D eigenvalue weighted by atomic mass is 10.1. The first kappa shape index (κ1) is 21.7. The smallest absolute Gasteiger partial charge is 0.325 e. The van der Waals surface area contributed by atoms with Crippen molar-refractivity contribution in [3.63, 3.8) is 0 Å². The summed E-state index contributed by atoms with van der Waals surface area (Å²) in [7, 11) is 2.95. The lowest BCUT2D eigenvalue weighted by molar-refractivity contribution is -0.146. The Bertz CT molecular complexity index is 864. The molecule has 8 nitrogen and oxygen atoms in total. The van der Waals surface area contributed by atoms with Crippen LogP contribution in [0.25, 0.3) is 0 Å². The molecule has 0 bridgehead atoms. The SMILES string of the molecule is CCc1ccc(NC(=O)COC(=O)CNC(=O)c2ccc(OC)c(OC)c2)cc1. The van der Waals surface area contributed by atoms with Crippen LogP contribution in [0.1, 0.15) is 22.8 Å². The number of methoxy groups -OCH3 is 2. The zero-order chi connectivity index (χ0) is 21.2. The molecule has 0 spiro atoms. The van der Waals surface area contributed by atoms with Gasteiger partial charge in [0.05, 0.1) is 14.2 Å². The molecule has 2 rings (SSSR count). The monoisotopic (exact) mass is 400 g/mol. The van der Waals surface area contributed by atoms with Crippen molar-refractivity contribution in [2.24, 2.45) is 0 Å². The second kappa shape index (κ2) is 10.7. The van der Waals surface area contributed by atoms with E-state index in [1.807, 2.05) is 19.1 Å². The predicted octanol–water partition coefficient (Wildman–Crippen LogP) is 2.18. The Labute approximate surface area is 169 Å². The summed E-state index contributed by atoms with van der Waals surface area (Å²) in [5, 5.41) is 5.07. The Kier molecular flexibility index (Phi) is 8.02. The molecule has 0 aliphatic carbocycles. The molecule has 0 heterocycles. The maximum atomic E-state index is 12.2. The number of nitrogens with one attached hydrogen (secondary N) is 2. The molecule has 0 radical (unpaired) electrons. The van der Waals surface area contributed by atoms with Gasteiger partial charge in [-0.1, -0.05) is 19.1 Å². The summed E-state index contributed by atoms with van der Waals surface area (Å²) in [4.78, 5) is 35.8. The van der Waals surface area contributed by atoms with Gasteiger partial charge in [0.1, 0.15) is 6.54 Å². The molecule has 29 heavy (non-hydrogen) atoms. The van der Waals surface area contributed by atoms with Gasteiger partial charge in [-0.25, -0.2) is 0 Å². The van der Waals surface area contributed by atoms with Gasteiger partial charge in [0.2, 0.25) is 0 Å². The number of hydrogen-bond donors (Lipinski definition) is 2. The molecule has 2 aromatic carbocycles. The highest BCUT2D eigenvalue weighted by Gasteiger charge is 2.13. The Hall–Kier alpha value is -3.55. The van der Waals surface area contributed by atoms with E-state index in [0.717, 1.165) is 12.0 Å². The van der Waals surface area contributed by atoms with E-state index in [4.69, 9.17) is 14.2 Å².